The second kappa shape index (κ2) is 15.3. The molecule has 0 spiro atoms. The minimum atomic E-state index is 0.225. The van der Waals surface area contributed by atoms with Gasteiger partial charge in [-0.15, -0.1) is 0 Å². The Hall–Kier alpha value is -4.31. The van der Waals surface area contributed by atoms with E-state index in [-0.39, 0.29) is 12.0 Å². The number of fused-ring (bicyclic) bond motifs is 4. The Morgan fingerprint density at radius 1 is 1.15 bits per heavy atom. The van der Waals surface area contributed by atoms with Crippen molar-refractivity contribution in [2.24, 2.45) is 29.6 Å². The Balaban J connectivity index is 1.30. The normalized spacial score (nSPS) is 26.1. The maximum atomic E-state index is 9.56. The average Bonchev–Trinajstić information content (AvgIpc) is 3.29. The second-order valence-electron chi connectivity index (χ2n) is 15.9. The van der Waals surface area contributed by atoms with Crippen LogP contribution in [0.25, 0.3) is 27.6 Å². The van der Waals surface area contributed by atoms with Crippen molar-refractivity contribution in [2.45, 2.75) is 92.0 Å². The van der Waals surface area contributed by atoms with E-state index >= 15 is 0 Å². The lowest BCUT2D eigenvalue weighted by molar-refractivity contribution is -0.277. The van der Waals surface area contributed by atoms with Crippen LogP contribution in [-0.4, -0.2) is 23.7 Å². The van der Waals surface area contributed by atoms with Gasteiger partial charge in [-0.25, -0.2) is 0 Å². The number of ether oxygens (including phenoxy) is 1. The lowest BCUT2D eigenvalue weighted by Gasteiger charge is -2.35. The van der Waals surface area contributed by atoms with Gasteiger partial charge >= 0.3 is 0 Å². The molecule has 0 fully saturated rings. The van der Waals surface area contributed by atoms with Crippen molar-refractivity contribution in [2.75, 3.05) is 13.1 Å². The summed E-state index contributed by atoms with van der Waals surface area (Å²) in [6.45, 7) is 15.3. The molecule has 4 aliphatic rings. The van der Waals surface area contributed by atoms with Crippen LogP contribution in [0.1, 0.15) is 91.5 Å². The summed E-state index contributed by atoms with van der Waals surface area (Å²) in [7, 11) is 0. The molecule has 0 bridgehead atoms. The Morgan fingerprint density at radius 2 is 1.98 bits per heavy atom. The summed E-state index contributed by atoms with van der Waals surface area (Å²) >= 11 is 0. The third-order valence-corrected chi connectivity index (χ3v) is 12.4. The molecule has 6 unspecified atom stereocenters. The summed E-state index contributed by atoms with van der Waals surface area (Å²) in [4.78, 5) is 0. The van der Waals surface area contributed by atoms with Crippen LogP contribution in [0.3, 0.4) is 0 Å². The van der Waals surface area contributed by atoms with E-state index in [0.29, 0.717) is 29.6 Å². The van der Waals surface area contributed by atoms with Crippen molar-refractivity contribution >= 4 is 27.6 Å². The van der Waals surface area contributed by atoms with E-state index in [1.807, 2.05) is 0 Å². The van der Waals surface area contributed by atoms with Gasteiger partial charge in [0.25, 0.3) is 0 Å². The highest BCUT2D eigenvalue weighted by Crippen LogP contribution is 2.51. The van der Waals surface area contributed by atoms with Gasteiger partial charge < -0.3 is 21.1 Å². The van der Waals surface area contributed by atoms with E-state index in [1.165, 1.54) is 50.5 Å². The zero-order valence-corrected chi connectivity index (χ0v) is 32.1. The second-order valence-corrected chi connectivity index (χ2v) is 15.9. The van der Waals surface area contributed by atoms with Crippen molar-refractivity contribution in [1.29, 1.82) is 5.26 Å². The van der Waals surface area contributed by atoms with E-state index in [2.05, 4.69) is 142 Å². The molecule has 5 N–H and O–H groups in total. The van der Waals surface area contributed by atoms with Gasteiger partial charge in [0.2, 0.25) is 0 Å². The van der Waals surface area contributed by atoms with Crippen LogP contribution >= 0.6 is 0 Å². The lowest BCUT2D eigenvalue weighted by atomic mass is 9.73. The molecular weight excluding hydrogens is 639 g/mol. The molecule has 3 aromatic rings. The fraction of sp³-hybridized carbons (Fsp3) is 0.457. The molecule has 0 saturated heterocycles. The predicted octanol–water partition coefficient (Wildman–Crippen LogP) is 9.51. The summed E-state index contributed by atoms with van der Waals surface area (Å²) < 4.78 is 9.55. The molecule has 2 aliphatic carbocycles. The number of rotatable bonds is 10. The average molecular weight is 697 g/mol. The molecule has 0 amide bonds. The number of nitrogens with zero attached hydrogens (tertiary/aromatic N) is 2. The zero-order valence-electron chi connectivity index (χ0n) is 32.1. The molecule has 7 rings (SSSR count). The fourth-order valence-corrected chi connectivity index (χ4v) is 9.67. The van der Waals surface area contributed by atoms with E-state index in [0.717, 1.165) is 68.1 Å². The van der Waals surface area contributed by atoms with Crippen molar-refractivity contribution < 1.29 is 10.5 Å². The molecule has 52 heavy (non-hydrogen) atoms. The van der Waals surface area contributed by atoms with Gasteiger partial charge in [-0.3, -0.25) is 4.57 Å². The third-order valence-electron chi connectivity index (χ3n) is 12.4. The quantitative estimate of drug-likeness (QED) is 0.197. The van der Waals surface area contributed by atoms with Crippen LogP contribution in [-0.2, 0) is 0 Å². The van der Waals surface area contributed by atoms with Crippen LogP contribution in [0.2, 0.25) is 0 Å². The number of hydrogen-bond donors (Lipinski definition) is 3. The van der Waals surface area contributed by atoms with Crippen LogP contribution in [0.4, 0.5) is 0 Å². The first-order chi connectivity index (χ1) is 25.3. The maximum absolute atomic E-state index is 9.56. The third kappa shape index (κ3) is 6.59. The monoisotopic (exact) mass is 696 g/mol. The summed E-state index contributed by atoms with van der Waals surface area (Å²) in [5.74, 6) is 5.36. The molecule has 6 heteroatoms. The summed E-state index contributed by atoms with van der Waals surface area (Å²) in [6.07, 6.45) is 19.8. The maximum Gasteiger partial charge on any atom is 0.132 e. The number of nitriles is 1. The number of nitrogens with one attached hydrogen (secondary N) is 2. The minimum absolute atomic E-state index is 0.225. The van der Waals surface area contributed by atoms with Crippen molar-refractivity contribution in [1.82, 2.24) is 15.2 Å². The standard InChI is InChI=1S/C46H57N5O/c1-7-13-32(28(3)4)23-44-50-27-39-38(26-49-40(8-2)33(25-48)22-37-29(5)20-31(24-47)21-30(37)6)35-15-10-12-17-42(35)52-43-19-18-36-34-14-9-11-16-41(34)51(44)46(36)45(39)43/h9,11,13-14,16-21,23,25,28-29,35,37-40,49-50H,7-8,10,12,15,22,26-27,48H2,1-6H3/p+1. The first-order valence-corrected chi connectivity index (χ1v) is 19.9. The number of para-hydroxylation sites is 1. The number of hydrogen-bond acceptors (Lipinski definition) is 4. The van der Waals surface area contributed by atoms with E-state index in [4.69, 9.17) is 4.74 Å². The topological polar surface area (TPSA) is 89.7 Å². The highest BCUT2D eigenvalue weighted by molar-refractivity contribution is 6.12. The fourth-order valence-electron chi connectivity index (χ4n) is 9.67. The van der Waals surface area contributed by atoms with Crippen LogP contribution in [0.15, 0.2) is 101 Å². The summed E-state index contributed by atoms with van der Waals surface area (Å²) in [5.41, 5.74) is 13.0. The number of quaternary nitrogens is 1. The number of aromatic nitrogens is 1. The molecule has 3 heterocycles. The van der Waals surface area contributed by atoms with E-state index in [1.54, 1.807) is 0 Å². The highest BCUT2D eigenvalue weighted by atomic mass is 16.5. The van der Waals surface area contributed by atoms with Gasteiger partial charge in [-0.05, 0) is 118 Å². The predicted molar refractivity (Wildman–Crippen MR) is 215 cm³/mol. The van der Waals surface area contributed by atoms with Crippen molar-refractivity contribution in [3.8, 4) is 11.8 Å². The lowest BCUT2D eigenvalue weighted by Crippen LogP contribution is -2.45. The van der Waals surface area contributed by atoms with Crippen LogP contribution in [0, 0.1) is 40.9 Å². The number of allylic oxidation sites excluding steroid dienone is 9. The zero-order chi connectivity index (χ0) is 36.5. The van der Waals surface area contributed by atoms with Gasteiger partial charge in [0.1, 0.15) is 17.3 Å². The molecule has 272 valence electrons. The molecule has 1 aromatic heterocycles. The van der Waals surface area contributed by atoms with Crippen molar-refractivity contribution in [3.05, 3.63) is 107 Å². The van der Waals surface area contributed by atoms with Gasteiger partial charge in [0, 0.05) is 51.9 Å². The molecule has 2 aliphatic heterocycles. The molecule has 6 atom stereocenters. The first kappa shape index (κ1) is 36.1. The first-order valence-electron chi connectivity index (χ1n) is 19.9. The molecule has 0 radical (unpaired) electrons. The van der Waals surface area contributed by atoms with E-state index in [9.17, 15) is 5.26 Å². The van der Waals surface area contributed by atoms with Crippen LogP contribution < -0.4 is 21.1 Å². The van der Waals surface area contributed by atoms with E-state index < -0.39 is 0 Å². The van der Waals surface area contributed by atoms with Gasteiger partial charge in [0.05, 0.1) is 23.3 Å². The SMILES string of the molecule is CCC=C(C=C1NCC2c3c(ccc4c5ccccc5n1c34)OC1=CCCCC1C2CNC(CC)C(=C[NH3+])CC1C(C)=CC(C#N)=CC1C)C(C)C. The largest absolute Gasteiger partial charge is 0.461 e. The molecular formula is C46H58N5O+. The molecule has 6 nitrogen and oxygen atoms in total. The Labute approximate surface area is 310 Å². The van der Waals surface area contributed by atoms with Crippen LogP contribution in [0.5, 0.6) is 5.75 Å². The van der Waals surface area contributed by atoms with Gasteiger partial charge in [-0.1, -0.05) is 70.5 Å². The summed E-state index contributed by atoms with van der Waals surface area (Å²) in [6, 6.07) is 16.0. The Kier molecular flexibility index (Phi) is 10.6. The number of benzene rings is 2. The van der Waals surface area contributed by atoms with Gasteiger partial charge in [0.15, 0.2) is 0 Å². The highest BCUT2D eigenvalue weighted by Gasteiger charge is 2.42. The van der Waals surface area contributed by atoms with Crippen molar-refractivity contribution in [3.63, 3.8) is 0 Å². The Morgan fingerprint density at radius 3 is 2.71 bits per heavy atom. The molecule has 0 saturated carbocycles. The summed E-state index contributed by atoms with van der Waals surface area (Å²) in [5, 5.41) is 20.3. The smallest absolute Gasteiger partial charge is 0.132 e. The molecule has 2 aromatic carbocycles. The minimum Gasteiger partial charge on any atom is -0.461 e. The van der Waals surface area contributed by atoms with Gasteiger partial charge in [-0.2, -0.15) is 5.26 Å². The Bertz CT molecular complexity index is 2060.